The second kappa shape index (κ2) is 7.01. The zero-order valence-corrected chi connectivity index (χ0v) is 15.5. The van der Waals surface area contributed by atoms with Crippen LogP contribution < -0.4 is 9.46 Å². The topological polar surface area (TPSA) is 72.5 Å². The van der Waals surface area contributed by atoms with Gasteiger partial charge in [0.1, 0.15) is 5.75 Å². The van der Waals surface area contributed by atoms with E-state index in [0.29, 0.717) is 21.9 Å². The predicted molar refractivity (Wildman–Crippen MR) is 93.6 cm³/mol. The van der Waals surface area contributed by atoms with Gasteiger partial charge in [-0.3, -0.25) is 4.79 Å². The standard InChI is InChI=1S/C16H15Cl2NO4S/c1-9-6-12(7-10(2)15(9)23-3)24(21,22)19-16(20)13-5-4-11(17)8-14(13)18/h4-8H,1-3H3,(H,19,20). The van der Waals surface area contributed by atoms with Crippen LogP contribution in [-0.4, -0.2) is 21.4 Å². The fourth-order valence-electron chi connectivity index (χ4n) is 2.30. The Kier molecular flexibility index (Phi) is 5.42. The van der Waals surface area contributed by atoms with E-state index in [1.165, 1.54) is 37.4 Å². The summed E-state index contributed by atoms with van der Waals surface area (Å²) in [6.07, 6.45) is 0. The van der Waals surface area contributed by atoms with E-state index in [-0.39, 0.29) is 15.5 Å². The molecule has 0 spiro atoms. The Hall–Kier alpha value is -1.76. The predicted octanol–water partition coefficient (Wildman–Crippen LogP) is 3.74. The lowest BCUT2D eigenvalue weighted by Crippen LogP contribution is -2.31. The lowest BCUT2D eigenvalue weighted by atomic mass is 10.1. The maximum atomic E-state index is 12.5. The highest BCUT2D eigenvalue weighted by Crippen LogP contribution is 2.27. The number of nitrogens with one attached hydrogen (secondary N) is 1. The van der Waals surface area contributed by atoms with Gasteiger partial charge in [-0.1, -0.05) is 23.2 Å². The molecule has 128 valence electrons. The molecular formula is C16H15Cl2NO4S. The van der Waals surface area contributed by atoms with Crippen LogP contribution in [0.3, 0.4) is 0 Å². The summed E-state index contributed by atoms with van der Waals surface area (Å²) in [5, 5.41) is 0.415. The average molecular weight is 388 g/mol. The monoisotopic (exact) mass is 387 g/mol. The molecule has 0 radical (unpaired) electrons. The van der Waals surface area contributed by atoms with Crippen LogP contribution in [0.4, 0.5) is 0 Å². The van der Waals surface area contributed by atoms with Gasteiger partial charge in [-0.25, -0.2) is 13.1 Å². The Balaban J connectivity index is 2.36. The smallest absolute Gasteiger partial charge is 0.266 e. The molecule has 1 N–H and O–H groups in total. The van der Waals surface area contributed by atoms with Gasteiger partial charge in [0.15, 0.2) is 0 Å². The van der Waals surface area contributed by atoms with Crippen molar-refractivity contribution in [3.8, 4) is 5.75 Å². The van der Waals surface area contributed by atoms with Crippen LogP contribution in [-0.2, 0) is 10.0 Å². The molecular weight excluding hydrogens is 373 g/mol. The van der Waals surface area contributed by atoms with E-state index >= 15 is 0 Å². The molecule has 0 saturated heterocycles. The molecule has 0 atom stereocenters. The summed E-state index contributed by atoms with van der Waals surface area (Å²) >= 11 is 11.7. The number of ether oxygens (including phenoxy) is 1. The zero-order chi connectivity index (χ0) is 18.1. The number of rotatable bonds is 4. The van der Waals surface area contributed by atoms with Crippen LogP contribution in [0, 0.1) is 13.8 Å². The van der Waals surface area contributed by atoms with Crippen LogP contribution in [0.15, 0.2) is 35.2 Å². The molecule has 1 amide bonds. The minimum atomic E-state index is -4.05. The number of carbonyl (C=O) groups excluding carboxylic acids is 1. The molecule has 24 heavy (non-hydrogen) atoms. The fraction of sp³-hybridized carbons (Fsp3) is 0.188. The van der Waals surface area contributed by atoms with Gasteiger partial charge in [0, 0.05) is 5.02 Å². The van der Waals surface area contributed by atoms with E-state index in [9.17, 15) is 13.2 Å². The summed E-state index contributed by atoms with van der Waals surface area (Å²) in [7, 11) is -2.54. The summed E-state index contributed by atoms with van der Waals surface area (Å²) < 4.78 is 32.1. The summed E-state index contributed by atoms with van der Waals surface area (Å²) in [4.78, 5) is 12.2. The van der Waals surface area contributed by atoms with E-state index in [1.807, 2.05) is 4.72 Å². The van der Waals surface area contributed by atoms with Crippen molar-refractivity contribution in [2.24, 2.45) is 0 Å². The molecule has 0 unspecified atom stereocenters. The highest BCUT2D eigenvalue weighted by Gasteiger charge is 2.22. The maximum Gasteiger partial charge on any atom is 0.266 e. The number of benzene rings is 2. The highest BCUT2D eigenvalue weighted by molar-refractivity contribution is 7.90. The maximum absolute atomic E-state index is 12.5. The van der Waals surface area contributed by atoms with Gasteiger partial charge in [0.25, 0.3) is 15.9 Å². The summed E-state index contributed by atoms with van der Waals surface area (Å²) in [6.45, 7) is 3.45. The first-order valence-electron chi connectivity index (χ1n) is 6.83. The van der Waals surface area contributed by atoms with Crippen LogP contribution in [0.25, 0.3) is 0 Å². The molecule has 2 aromatic rings. The quantitative estimate of drug-likeness (QED) is 0.866. The number of aryl methyl sites for hydroxylation is 2. The van der Waals surface area contributed by atoms with Crippen LogP contribution in [0.1, 0.15) is 21.5 Å². The lowest BCUT2D eigenvalue weighted by Gasteiger charge is -2.13. The Labute approximate surface area is 150 Å². The van der Waals surface area contributed by atoms with Crippen molar-refractivity contribution in [3.05, 3.63) is 57.1 Å². The fourth-order valence-corrected chi connectivity index (χ4v) is 3.93. The first-order chi connectivity index (χ1) is 11.2. The normalized spacial score (nSPS) is 11.2. The number of carbonyl (C=O) groups is 1. The Morgan fingerprint density at radius 2 is 1.67 bits per heavy atom. The van der Waals surface area contributed by atoms with Crippen LogP contribution in [0.2, 0.25) is 10.0 Å². The van der Waals surface area contributed by atoms with Gasteiger partial charge in [-0.05, 0) is 55.3 Å². The number of halogens is 2. The Morgan fingerprint density at radius 1 is 1.08 bits per heavy atom. The van der Waals surface area contributed by atoms with E-state index in [1.54, 1.807) is 13.8 Å². The molecule has 2 rings (SSSR count). The van der Waals surface area contributed by atoms with Crippen LogP contribution in [0.5, 0.6) is 5.75 Å². The van der Waals surface area contributed by atoms with Crippen molar-refractivity contribution in [1.82, 2.24) is 4.72 Å². The van der Waals surface area contributed by atoms with E-state index in [2.05, 4.69) is 0 Å². The first-order valence-corrected chi connectivity index (χ1v) is 9.07. The molecule has 0 saturated carbocycles. The van der Waals surface area contributed by atoms with E-state index in [0.717, 1.165) is 0 Å². The second-order valence-corrected chi connectivity index (χ2v) is 7.68. The number of methoxy groups -OCH3 is 1. The molecule has 0 heterocycles. The van der Waals surface area contributed by atoms with Crippen LogP contribution >= 0.6 is 23.2 Å². The number of hydrogen-bond donors (Lipinski definition) is 1. The molecule has 0 aliphatic carbocycles. The van der Waals surface area contributed by atoms with Gasteiger partial charge in [0.05, 0.1) is 22.6 Å². The molecule has 0 bridgehead atoms. The molecule has 5 nitrogen and oxygen atoms in total. The van der Waals surface area contributed by atoms with E-state index in [4.69, 9.17) is 27.9 Å². The molecule has 2 aromatic carbocycles. The summed E-state index contributed by atoms with van der Waals surface area (Å²) in [5.74, 6) is -0.233. The highest BCUT2D eigenvalue weighted by atomic mass is 35.5. The van der Waals surface area contributed by atoms with Crippen molar-refractivity contribution in [2.45, 2.75) is 18.7 Å². The molecule has 8 heteroatoms. The van der Waals surface area contributed by atoms with Gasteiger partial charge < -0.3 is 4.74 Å². The third kappa shape index (κ3) is 3.83. The molecule has 0 aliphatic rings. The second-order valence-electron chi connectivity index (χ2n) is 5.15. The minimum Gasteiger partial charge on any atom is -0.496 e. The lowest BCUT2D eigenvalue weighted by molar-refractivity contribution is 0.0981. The van der Waals surface area contributed by atoms with Crippen molar-refractivity contribution < 1.29 is 17.9 Å². The van der Waals surface area contributed by atoms with Gasteiger partial charge in [-0.2, -0.15) is 0 Å². The SMILES string of the molecule is COc1c(C)cc(S(=O)(=O)NC(=O)c2ccc(Cl)cc2Cl)cc1C. The Morgan fingerprint density at radius 3 is 2.17 bits per heavy atom. The van der Waals surface area contributed by atoms with E-state index < -0.39 is 15.9 Å². The number of hydrogen-bond acceptors (Lipinski definition) is 4. The largest absolute Gasteiger partial charge is 0.496 e. The zero-order valence-electron chi connectivity index (χ0n) is 13.2. The number of sulfonamides is 1. The number of amides is 1. The molecule has 0 fully saturated rings. The molecule has 0 aliphatic heterocycles. The van der Waals surface area contributed by atoms with Crippen molar-refractivity contribution >= 4 is 39.1 Å². The summed E-state index contributed by atoms with van der Waals surface area (Å²) in [6, 6.07) is 7.05. The van der Waals surface area contributed by atoms with Crippen molar-refractivity contribution in [1.29, 1.82) is 0 Å². The van der Waals surface area contributed by atoms with Gasteiger partial charge in [-0.15, -0.1) is 0 Å². The summed E-state index contributed by atoms with van der Waals surface area (Å²) in [5.41, 5.74) is 1.32. The molecule has 0 aromatic heterocycles. The average Bonchev–Trinajstić information content (AvgIpc) is 2.46. The van der Waals surface area contributed by atoms with Gasteiger partial charge in [0.2, 0.25) is 0 Å². The van der Waals surface area contributed by atoms with Crippen molar-refractivity contribution in [3.63, 3.8) is 0 Å². The van der Waals surface area contributed by atoms with Gasteiger partial charge >= 0.3 is 0 Å². The minimum absolute atomic E-state index is 0.0200. The first kappa shape index (κ1) is 18.6. The third-order valence-electron chi connectivity index (χ3n) is 3.35. The van der Waals surface area contributed by atoms with Crippen molar-refractivity contribution in [2.75, 3.05) is 7.11 Å². The third-order valence-corrected chi connectivity index (χ3v) is 5.21. The Bertz CT molecular complexity index is 887.